The third-order valence-electron chi connectivity index (χ3n) is 2.09. The fourth-order valence-corrected chi connectivity index (χ4v) is 1.91. The molecule has 100 valence electrons. The standard InChI is InChI=1S/C13H16Cl2O3/c1-9(2)8-17-3-4-18-13-10(7-16)5-11(14)6-12(13)15/h5-7,9H,3-4,8H2,1-2H3. The monoisotopic (exact) mass is 290 g/mol. The molecule has 0 radical (unpaired) electrons. The lowest BCUT2D eigenvalue weighted by Gasteiger charge is -2.11. The van der Waals surface area contributed by atoms with Crippen LogP contribution in [-0.2, 0) is 4.74 Å². The Hall–Kier alpha value is -0.770. The molecule has 0 fully saturated rings. The second kappa shape index (κ2) is 7.62. The van der Waals surface area contributed by atoms with Gasteiger partial charge in [0.1, 0.15) is 12.4 Å². The lowest BCUT2D eigenvalue weighted by atomic mass is 10.2. The molecular formula is C13H16Cl2O3. The van der Waals surface area contributed by atoms with E-state index < -0.39 is 0 Å². The molecule has 0 aliphatic heterocycles. The average Bonchev–Trinajstić information content (AvgIpc) is 2.30. The first-order valence-electron chi connectivity index (χ1n) is 5.69. The highest BCUT2D eigenvalue weighted by molar-refractivity contribution is 6.36. The summed E-state index contributed by atoms with van der Waals surface area (Å²) >= 11 is 11.8. The Bertz CT molecular complexity index is 405. The van der Waals surface area contributed by atoms with Crippen molar-refractivity contribution in [3.05, 3.63) is 27.7 Å². The molecule has 0 aliphatic carbocycles. The van der Waals surface area contributed by atoms with Crippen molar-refractivity contribution in [3.8, 4) is 5.75 Å². The summed E-state index contributed by atoms with van der Waals surface area (Å²) in [7, 11) is 0. The van der Waals surface area contributed by atoms with Crippen LogP contribution in [0.3, 0.4) is 0 Å². The summed E-state index contributed by atoms with van der Waals surface area (Å²) in [6, 6.07) is 3.06. The number of rotatable bonds is 7. The number of halogens is 2. The van der Waals surface area contributed by atoms with Gasteiger partial charge in [-0.25, -0.2) is 0 Å². The summed E-state index contributed by atoms with van der Waals surface area (Å²) in [6.45, 7) is 5.62. The van der Waals surface area contributed by atoms with E-state index in [4.69, 9.17) is 32.7 Å². The predicted octanol–water partition coefficient (Wildman–Crippen LogP) is 3.86. The summed E-state index contributed by atoms with van der Waals surface area (Å²) in [6.07, 6.45) is 0.669. The molecule has 0 aromatic heterocycles. The van der Waals surface area contributed by atoms with Crippen molar-refractivity contribution in [2.45, 2.75) is 13.8 Å². The molecule has 0 bridgehead atoms. The number of aldehydes is 1. The van der Waals surface area contributed by atoms with Crippen LogP contribution in [0.2, 0.25) is 10.0 Å². The maximum absolute atomic E-state index is 10.9. The molecule has 5 heteroatoms. The second-order valence-electron chi connectivity index (χ2n) is 4.24. The van der Waals surface area contributed by atoms with Crippen molar-refractivity contribution in [2.75, 3.05) is 19.8 Å². The number of hydrogen-bond donors (Lipinski definition) is 0. The van der Waals surface area contributed by atoms with Gasteiger partial charge in [-0.15, -0.1) is 0 Å². The van der Waals surface area contributed by atoms with E-state index in [1.807, 2.05) is 0 Å². The molecule has 0 heterocycles. The van der Waals surface area contributed by atoms with Gasteiger partial charge in [-0.2, -0.15) is 0 Å². The molecule has 3 nitrogen and oxygen atoms in total. The minimum absolute atomic E-state index is 0.327. The van der Waals surface area contributed by atoms with Crippen molar-refractivity contribution in [2.24, 2.45) is 5.92 Å². The molecule has 0 atom stereocenters. The van der Waals surface area contributed by atoms with E-state index in [1.165, 1.54) is 6.07 Å². The van der Waals surface area contributed by atoms with Crippen molar-refractivity contribution >= 4 is 29.5 Å². The number of ether oxygens (including phenoxy) is 2. The third kappa shape index (κ3) is 4.84. The van der Waals surface area contributed by atoms with E-state index in [-0.39, 0.29) is 0 Å². The van der Waals surface area contributed by atoms with Crippen LogP contribution in [0.1, 0.15) is 24.2 Å². The van der Waals surface area contributed by atoms with Gasteiger partial charge < -0.3 is 9.47 Å². The first kappa shape index (κ1) is 15.3. The largest absolute Gasteiger partial charge is 0.489 e. The highest BCUT2D eigenvalue weighted by Crippen LogP contribution is 2.31. The van der Waals surface area contributed by atoms with Crippen LogP contribution in [-0.4, -0.2) is 26.1 Å². The van der Waals surface area contributed by atoms with Gasteiger partial charge >= 0.3 is 0 Å². The van der Waals surface area contributed by atoms with Crippen LogP contribution in [0, 0.1) is 5.92 Å². The minimum Gasteiger partial charge on any atom is -0.489 e. The zero-order valence-electron chi connectivity index (χ0n) is 10.4. The Kier molecular flexibility index (Phi) is 6.47. The summed E-state index contributed by atoms with van der Waals surface area (Å²) in [5.74, 6) is 0.832. The lowest BCUT2D eigenvalue weighted by Crippen LogP contribution is -2.11. The lowest BCUT2D eigenvalue weighted by molar-refractivity contribution is 0.0814. The molecule has 1 aromatic rings. The number of benzene rings is 1. The smallest absolute Gasteiger partial charge is 0.153 e. The van der Waals surface area contributed by atoms with E-state index in [0.29, 0.717) is 53.4 Å². The van der Waals surface area contributed by atoms with Crippen LogP contribution >= 0.6 is 23.2 Å². The fourth-order valence-electron chi connectivity index (χ4n) is 1.34. The Balaban J connectivity index is 2.54. The normalized spacial score (nSPS) is 10.7. The van der Waals surface area contributed by atoms with Gasteiger partial charge in [0.25, 0.3) is 0 Å². The van der Waals surface area contributed by atoms with Gasteiger partial charge in [0.05, 0.1) is 17.2 Å². The third-order valence-corrected chi connectivity index (χ3v) is 2.59. The van der Waals surface area contributed by atoms with E-state index in [2.05, 4.69) is 13.8 Å². The molecule has 0 unspecified atom stereocenters. The molecule has 0 N–H and O–H groups in total. The maximum Gasteiger partial charge on any atom is 0.153 e. The first-order chi connectivity index (χ1) is 8.54. The Morgan fingerprint density at radius 2 is 2.00 bits per heavy atom. The summed E-state index contributed by atoms with van der Waals surface area (Å²) in [5, 5.41) is 0.735. The Labute approximate surface area is 117 Å². The quantitative estimate of drug-likeness (QED) is 0.565. The zero-order chi connectivity index (χ0) is 13.5. The van der Waals surface area contributed by atoms with Crippen LogP contribution in [0.25, 0.3) is 0 Å². The molecule has 0 saturated heterocycles. The summed E-state index contributed by atoms with van der Waals surface area (Å²) in [4.78, 5) is 10.9. The van der Waals surface area contributed by atoms with Gasteiger partial charge in [-0.1, -0.05) is 37.0 Å². The summed E-state index contributed by atoms with van der Waals surface area (Å²) < 4.78 is 10.8. The minimum atomic E-state index is 0.327. The topological polar surface area (TPSA) is 35.5 Å². The zero-order valence-corrected chi connectivity index (χ0v) is 11.9. The van der Waals surface area contributed by atoms with Gasteiger partial charge in [-0.05, 0) is 18.1 Å². The van der Waals surface area contributed by atoms with Crippen LogP contribution in [0.15, 0.2) is 12.1 Å². The first-order valence-corrected chi connectivity index (χ1v) is 6.45. The van der Waals surface area contributed by atoms with E-state index in [9.17, 15) is 4.79 Å². The van der Waals surface area contributed by atoms with Crippen molar-refractivity contribution < 1.29 is 14.3 Å². The van der Waals surface area contributed by atoms with Gasteiger partial charge in [-0.3, -0.25) is 4.79 Å². The maximum atomic E-state index is 10.9. The van der Waals surface area contributed by atoms with Gasteiger partial charge in [0, 0.05) is 11.6 Å². The van der Waals surface area contributed by atoms with Crippen molar-refractivity contribution in [1.29, 1.82) is 0 Å². The molecule has 18 heavy (non-hydrogen) atoms. The molecular weight excluding hydrogens is 275 g/mol. The molecule has 0 aliphatic rings. The molecule has 1 aromatic carbocycles. The second-order valence-corrected chi connectivity index (χ2v) is 5.08. The average molecular weight is 291 g/mol. The molecule has 1 rings (SSSR count). The summed E-state index contributed by atoms with van der Waals surface area (Å²) in [5.41, 5.74) is 0.344. The molecule has 0 amide bonds. The van der Waals surface area contributed by atoms with Gasteiger partial charge in [0.2, 0.25) is 0 Å². The molecule has 0 saturated carbocycles. The van der Waals surface area contributed by atoms with Crippen molar-refractivity contribution in [1.82, 2.24) is 0 Å². The Morgan fingerprint density at radius 1 is 1.28 bits per heavy atom. The SMILES string of the molecule is CC(C)COCCOc1c(Cl)cc(Cl)cc1C=O. The van der Waals surface area contributed by atoms with Crippen LogP contribution in [0.4, 0.5) is 0 Å². The van der Waals surface area contributed by atoms with Crippen LogP contribution < -0.4 is 4.74 Å². The van der Waals surface area contributed by atoms with E-state index in [0.717, 1.165) is 0 Å². The fraction of sp³-hybridized carbons (Fsp3) is 0.462. The number of carbonyl (C=O) groups excluding carboxylic acids is 1. The number of hydrogen-bond acceptors (Lipinski definition) is 3. The Morgan fingerprint density at radius 3 is 2.61 bits per heavy atom. The van der Waals surface area contributed by atoms with E-state index >= 15 is 0 Å². The molecule has 0 spiro atoms. The predicted molar refractivity (Wildman–Crippen MR) is 73.0 cm³/mol. The van der Waals surface area contributed by atoms with Gasteiger partial charge in [0.15, 0.2) is 6.29 Å². The highest BCUT2D eigenvalue weighted by Gasteiger charge is 2.10. The number of carbonyl (C=O) groups is 1. The van der Waals surface area contributed by atoms with Crippen molar-refractivity contribution in [3.63, 3.8) is 0 Å². The van der Waals surface area contributed by atoms with Crippen LogP contribution in [0.5, 0.6) is 5.75 Å². The van der Waals surface area contributed by atoms with E-state index in [1.54, 1.807) is 6.07 Å². The highest BCUT2D eigenvalue weighted by atomic mass is 35.5.